The van der Waals surface area contributed by atoms with Crippen LogP contribution in [0.5, 0.6) is 0 Å². The van der Waals surface area contributed by atoms with Crippen LogP contribution in [0.1, 0.15) is 74.1 Å². The first-order valence-corrected chi connectivity index (χ1v) is 12.3. The highest BCUT2D eigenvalue weighted by atomic mass is 28.4. The molecule has 0 radical (unpaired) electrons. The summed E-state index contributed by atoms with van der Waals surface area (Å²) in [6.45, 7) is 21.8. The van der Waals surface area contributed by atoms with Crippen LogP contribution in [0.25, 0.3) is 0 Å². The molecule has 1 nitrogen and oxygen atoms in total. The molecule has 0 spiro atoms. The van der Waals surface area contributed by atoms with E-state index in [2.05, 4.69) is 73.7 Å². The second-order valence-electron chi connectivity index (χ2n) is 8.58. The van der Waals surface area contributed by atoms with Crippen molar-refractivity contribution in [2.45, 2.75) is 92.3 Å². The second-order valence-corrected chi connectivity index (χ2v) is 13.4. The molecule has 1 unspecified atom stereocenters. The van der Waals surface area contributed by atoms with E-state index in [-0.39, 0.29) is 0 Å². The molecule has 2 heteroatoms. The van der Waals surface area contributed by atoms with Crippen LogP contribution in [0, 0.1) is 17.8 Å². The highest BCUT2D eigenvalue weighted by Gasteiger charge is 2.36. The van der Waals surface area contributed by atoms with Crippen molar-refractivity contribution >= 4 is 8.32 Å². The number of unbranched alkanes of at least 4 members (excludes halogenated alkanes) is 1. The molecule has 0 rings (SSSR count). The molecule has 22 heavy (non-hydrogen) atoms. The van der Waals surface area contributed by atoms with Gasteiger partial charge in [-0.15, -0.1) is 0 Å². The van der Waals surface area contributed by atoms with Crippen LogP contribution >= 0.6 is 0 Å². The molecule has 0 heterocycles. The zero-order chi connectivity index (χ0) is 17.4. The fourth-order valence-corrected chi connectivity index (χ4v) is 3.56. The third-order valence-electron chi connectivity index (χ3n) is 5.68. The minimum Gasteiger partial charge on any atom is -0.413 e. The molecule has 132 valence electrons. The first-order valence-electron chi connectivity index (χ1n) is 9.37. The number of allylic oxidation sites excluding steroid dienone is 1. The topological polar surface area (TPSA) is 9.23 Å². The molecule has 0 saturated heterocycles. The predicted octanol–water partition coefficient (Wildman–Crippen LogP) is 7.05. The van der Waals surface area contributed by atoms with Crippen LogP contribution in [0.15, 0.2) is 12.2 Å². The Morgan fingerprint density at radius 1 is 1.05 bits per heavy atom. The molecule has 0 aliphatic carbocycles. The molecule has 0 N–H and O–H groups in total. The number of hydrogen-bond donors (Lipinski definition) is 0. The Labute approximate surface area is 142 Å². The van der Waals surface area contributed by atoms with Crippen LogP contribution in [0.2, 0.25) is 18.1 Å². The number of rotatable bonds is 10. The van der Waals surface area contributed by atoms with Gasteiger partial charge in [0.1, 0.15) is 0 Å². The van der Waals surface area contributed by atoms with E-state index in [1.54, 1.807) is 0 Å². The van der Waals surface area contributed by atoms with Gasteiger partial charge in [-0.25, -0.2) is 0 Å². The van der Waals surface area contributed by atoms with Gasteiger partial charge in [0, 0.05) is 0 Å². The maximum absolute atomic E-state index is 6.27. The Bertz CT molecular complexity index is 314. The molecular formula is C20H42OSi. The normalized spacial score (nSPS) is 17.7. The lowest BCUT2D eigenvalue weighted by atomic mass is 9.79. The molecule has 0 bridgehead atoms. The summed E-state index contributed by atoms with van der Waals surface area (Å²) < 4.78 is 6.27. The quantitative estimate of drug-likeness (QED) is 0.308. The van der Waals surface area contributed by atoms with Gasteiger partial charge >= 0.3 is 0 Å². The Morgan fingerprint density at radius 3 is 2.09 bits per heavy atom. The Balaban J connectivity index is 4.61. The Kier molecular flexibility index (Phi) is 9.89. The third kappa shape index (κ3) is 7.46. The minimum absolute atomic E-state index is 0.297. The van der Waals surface area contributed by atoms with Gasteiger partial charge in [-0.3, -0.25) is 0 Å². The summed E-state index contributed by atoms with van der Waals surface area (Å²) in [6, 6.07) is 0. The monoisotopic (exact) mass is 326 g/mol. The first-order chi connectivity index (χ1) is 10.1. The van der Waals surface area contributed by atoms with Crippen molar-refractivity contribution in [2.24, 2.45) is 17.8 Å². The van der Waals surface area contributed by atoms with Crippen molar-refractivity contribution in [3.05, 3.63) is 12.2 Å². The Hall–Kier alpha value is -0.0831. The van der Waals surface area contributed by atoms with Crippen LogP contribution < -0.4 is 0 Å². The molecule has 0 amide bonds. The van der Waals surface area contributed by atoms with Crippen LogP contribution in [0.4, 0.5) is 0 Å². The molecule has 0 aliphatic heterocycles. The van der Waals surface area contributed by atoms with E-state index in [9.17, 15) is 0 Å². The third-order valence-corrected chi connectivity index (χ3v) is 10.2. The second kappa shape index (κ2) is 9.92. The molecule has 3 atom stereocenters. The number of hydrogen-bond acceptors (Lipinski definition) is 1. The molecule has 0 aromatic rings. The summed E-state index contributed by atoms with van der Waals surface area (Å²) in [5.41, 5.74) is 0. The molecule has 0 fully saturated rings. The van der Waals surface area contributed by atoms with E-state index < -0.39 is 8.32 Å². The molecule has 0 aromatic carbocycles. The molecule has 0 aromatic heterocycles. The van der Waals surface area contributed by atoms with E-state index in [0.29, 0.717) is 11.0 Å². The van der Waals surface area contributed by atoms with Crippen LogP contribution in [-0.2, 0) is 4.43 Å². The lowest BCUT2D eigenvalue weighted by molar-refractivity contribution is 0.284. The fourth-order valence-electron chi connectivity index (χ4n) is 2.62. The zero-order valence-corrected chi connectivity index (χ0v) is 17.8. The summed E-state index contributed by atoms with van der Waals surface area (Å²) in [5.74, 6) is 2.23. The summed E-state index contributed by atoms with van der Waals surface area (Å²) in [7, 11) is -1.61. The van der Waals surface area contributed by atoms with Crippen molar-refractivity contribution in [3.63, 3.8) is 0 Å². The highest BCUT2D eigenvalue weighted by molar-refractivity contribution is 6.74. The first kappa shape index (κ1) is 21.9. The average molecular weight is 327 g/mol. The SMILES string of the molecule is CCCC[C@@H](C)[C@H](/C=C/CO[Si](C)(C)C(C)(C)C)C(C)CC. The summed E-state index contributed by atoms with van der Waals surface area (Å²) in [4.78, 5) is 0. The molecule has 0 saturated carbocycles. The lowest BCUT2D eigenvalue weighted by Gasteiger charge is -2.35. The van der Waals surface area contributed by atoms with Gasteiger partial charge in [0.15, 0.2) is 8.32 Å². The smallest absolute Gasteiger partial charge is 0.192 e. The maximum Gasteiger partial charge on any atom is 0.192 e. The summed E-state index contributed by atoms with van der Waals surface area (Å²) in [5, 5.41) is 0.297. The van der Waals surface area contributed by atoms with Gasteiger partial charge in [-0.1, -0.05) is 86.3 Å². The standard InChI is InChI=1S/C20H42OSi/c1-10-12-14-18(4)19(17(3)11-2)15-13-16-21-22(8,9)20(5,6)7/h13,15,17-19H,10-12,14,16H2,1-9H3/b15-13+/t17?,18-,19-/m1/s1. The van der Waals surface area contributed by atoms with Gasteiger partial charge in [0.2, 0.25) is 0 Å². The van der Waals surface area contributed by atoms with E-state index in [4.69, 9.17) is 4.43 Å². The van der Waals surface area contributed by atoms with E-state index in [1.807, 2.05) is 0 Å². The largest absolute Gasteiger partial charge is 0.413 e. The van der Waals surface area contributed by atoms with Crippen LogP contribution in [-0.4, -0.2) is 14.9 Å². The average Bonchev–Trinajstić information content (AvgIpc) is 2.42. The molecule has 0 aliphatic rings. The summed E-state index contributed by atoms with van der Waals surface area (Å²) >= 11 is 0. The van der Waals surface area contributed by atoms with E-state index in [1.165, 1.54) is 25.7 Å². The predicted molar refractivity (Wildman–Crippen MR) is 104 cm³/mol. The van der Waals surface area contributed by atoms with Crippen molar-refractivity contribution in [1.29, 1.82) is 0 Å². The van der Waals surface area contributed by atoms with Crippen LogP contribution in [0.3, 0.4) is 0 Å². The van der Waals surface area contributed by atoms with Crippen molar-refractivity contribution in [3.8, 4) is 0 Å². The van der Waals surface area contributed by atoms with Crippen molar-refractivity contribution in [2.75, 3.05) is 6.61 Å². The van der Waals surface area contributed by atoms with E-state index in [0.717, 1.165) is 18.4 Å². The van der Waals surface area contributed by atoms with Crippen molar-refractivity contribution in [1.82, 2.24) is 0 Å². The van der Waals surface area contributed by atoms with Gasteiger partial charge < -0.3 is 4.43 Å². The lowest BCUT2D eigenvalue weighted by Crippen LogP contribution is -2.40. The summed E-state index contributed by atoms with van der Waals surface area (Å²) in [6.07, 6.45) is 9.99. The van der Waals surface area contributed by atoms with Crippen molar-refractivity contribution < 1.29 is 4.43 Å². The fraction of sp³-hybridized carbons (Fsp3) is 0.900. The van der Waals surface area contributed by atoms with Gasteiger partial charge in [-0.2, -0.15) is 0 Å². The van der Waals surface area contributed by atoms with Gasteiger partial charge in [-0.05, 0) is 35.9 Å². The molecular weight excluding hydrogens is 284 g/mol. The maximum atomic E-state index is 6.27. The highest BCUT2D eigenvalue weighted by Crippen LogP contribution is 2.36. The zero-order valence-electron chi connectivity index (χ0n) is 16.8. The van der Waals surface area contributed by atoms with Gasteiger partial charge in [0.05, 0.1) is 6.61 Å². The minimum atomic E-state index is -1.61. The van der Waals surface area contributed by atoms with E-state index >= 15 is 0 Å². The van der Waals surface area contributed by atoms with Gasteiger partial charge in [0.25, 0.3) is 0 Å². The Morgan fingerprint density at radius 2 is 1.64 bits per heavy atom.